The first kappa shape index (κ1) is 16.5. The van der Waals surface area contributed by atoms with Crippen LogP contribution < -0.4 is 9.64 Å². The zero-order chi connectivity index (χ0) is 18.1. The van der Waals surface area contributed by atoms with Gasteiger partial charge in [0.15, 0.2) is 0 Å². The zero-order valence-electron chi connectivity index (χ0n) is 15.0. The molecule has 0 N–H and O–H groups in total. The standard InChI is InChI=1S/C21H21N3O2/c1-23-11-12-24(19-10-6-4-8-16(19)14-23)21(25)18-13-15-7-3-5-9-17(15)20(22-18)26-2/h3-10,13H,11-12,14H2,1-2H3. The Hall–Kier alpha value is -2.92. The van der Waals surface area contributed by atoms with Crippen LogP contribution in [0, 0.1) is 0 Å². The summed E-state index contributed by atoms with van der Waals surface area (Å²) >= 11 is 0. The number of hydrogen-bond donors (Lipinski definition) is 0. The number of amides is 1. The van der Waals surface area contributed by atoms with Crippen LogP contribution in [0.15, 0.2) is 54.6 Å². The number of para-hydroxylation sites is 1. The molecule has 0 bridgehead atoms. The number of methoxy groups -OCH3 is 1. The molecule has 0 saturated heterocycles. The molecule has 3 aromatic rings. The second-order valence-corrected chi connectivity index (χ2v) is 6.56. The van der Waals surface area contributed by atoms with Crippen molar-refractivity contribution < 1.29 is 9.53 Å². The van der Waals surface area contributed by atoms with Crippen molar-refractivity contribution in [3.8, 4) is 5.88 Å². The van der Waals surface area contributed by atoms with Crippen molar-refractivity contribution in [3.05, 3.63) is 65.9 Å². The van der Waals surface area contributed by atoms with Crippen LogP contribution in [0.5, 0.6) is 5.88 Å². The first-order valence-electron chi connectivity index (χ1n) is 8.69. The van der Waals surface area contributed by atoms with Gasteiger partial charge in [0.25, 0.3) is 5.91 Å². The Bertz CT molecular complexity index is 970. The van der Waals surface area contributed by atoms with Crippen molar-refractivity contribution in [2.75, 3.05) is 32.1 Å². The fraction of sp³-hybridized carbons (Fsp3) is 0.238. The van der Waals surface area contributed by atoms with E-state index in [0.29, 0.717) is 18.1 Å². The van der Waals surface area contributed by atoms with Gasteiger partial charge >= 0.3 is 0 Å². The van der Waals surface area contributed by atoms with Crippen LogP contribution >= 0.6 is 0 Å². The molecule has 0 fully saturated rings. The minimum absolute atomic E-state index is 0.100. The van der Waals surface area contributed by atoms with E-state index < -0.39 is 0 Å². The second kappa shape index (κ2) is 6.77. The number of fused-ring (bicyclic) bond motifs is 2. The summed E-state index contributed by atoms with van der Waals surface area (Å²) in [5, 5.41) is 1.85. The van der Waals surface area contributed by atoms with Gasteiger partial charge in [-0.15, -0.1) is 0 Å². The third kappa shape index (κ3) is 2.91. The molecular formula is C21H21N3O2. The summed E-state index contributed by atoms with van der Waals surface area (Å²) in [6, 6.07) is 17.7. The lowest BCUT2D eigenvalue weighted by molar-refractivity contribution is 0.0980. The Morgan fingerprint density at radius 3 is 2.69 bits per heavy atom. The van der Waals surface area contributed by atoms with Gasteiger partial charge in [0.05, 0.1) is 7.11 Å². The van der Waals surface area contributed by atoms with Gasteiger partial charge in [0.1, 0.15) is 5.69 Å². The molecule has 5 nitrogen and oxygen atoms in total. The van der Waals surface area contributed by atoms with E-state index in [0.717, 1.165) is 35.1 Å². The summed E-state index contributed by atoms with van der Waals surface area (Å²) < 4.78 is 5.43. The number of likely N-dealkylation sites (N-methyl/N-ethyl adjacent to an activating group) is 1. The summed E-state index contributed by atoms with van der Waals surface area (Å²) in [5.41, 5.74) is 2.50. The Kier molecular flexibility index (Phi) is 4.31. The predicted molar refractivity (Wildman–Crippen MR) is 103 cm³/mol. The van der Waals surface area contributed by atoms with Crippen LogP contribution in [0.4, 0.5) is 5.69 Å². The highest BCUT2D eigenvalue weighted by Crippen LogP contribution is 2.28. The molecule has 1 aliphatic heterocycles. The highest BCUT2D eigenvalue weighted by atomic mass is 16.5. The molecule has 2 heterocycles. The molecule has 1 aliphatic rings. The average molecular weight is 347 g/mol. The molecule has 0 unspecified atom stereocenters. The van der Waals surface area contributed by atoms with E-state index in [-0.39, 0.29) is 5.91 Å². The topological polar surface area (TPSA) is 45.7 Å². The number of carbonyl (C=O) groups is 1. The maximum Gasteiger partial charge on any atom is 0.277 e. The fourth-order valence-electron chi connectivity index (χ4n) is 3.45. The summed E-state index contributed by atoms with van der Waals surface area (Å²) in [6.07, 6.45) is 0. The van der Waals surface area contributed by atoms with E-state index in [1.807, 2.05) is 53.4 Å². The van der Waals surface area contributed by atoms with Gasteiger partial charge in [-0.05, 0) is 36.2 Å². The molecule has 0 radical (unpaired) electrons. The zero-order valence-corrected chi connectivity index (χ0v) is 15.0. The van der Waals surface area contributed by atoms with E-state index in [4.69, 9.17) is 4.74 Å². The number of rotatable bonds is 2. The van der Waals surface area contributed by atoms with E-state index in [2.05, 4.69) is 23.0 Å². The first-order chi connectivity index (χ1) is 12.7. The number of carbonyl (C=O) groups excluding carboxylic acids is 1. The normalized spacial score (nSPS) is 14.8. The summed E-state index contributed by atoms with van der Waals surface area (Å²) in [5.74, 6) is 0.378. The molecule has 1 aromatic heterocycles. The Morgan fingerprint density at radius 1 is 1.08 bits per heavy atom. The van der Waals surface area contributed by atoms with Crippen molar-refractivity contribution in [1.82, 2.24) is 9.88 Å². The molecule has 1 amide bonds. The number of benzene rings is 2. The molecule has 4 rings (SSSR count). The van der Waals surface area contributed by atoms with Gasteiger partial charge in [-0.3, -0.25) is 4.79 Å². The first-order valence-corrected chi connectivity index (χ1v) is 8.69. The van der Waals surface area contributed by atoms with Crippen molar-refractivity contribution in [2.45, 2.75) is 6.54 Å². The van der Waals surface area contributed by atoms with Crippen LogP contribution in [0.1, 0.15) is 16.1 Å². The number of pyridine rings is 1. The van der Waals surface area contributed by atoms with Gasteiger partial charge in [-0.25, -0.2) is 4.98 Å². The van der Waals surface area contributed by atoms with Crippen LogP contribution in [-0.2, 0) is 6.54 Å². The average Bonchev–Trinajstić information content (AvgIpc) is 2.84. The second-order valence-electron chi connectivity index (χ2n) is 6.56. The van der Waals surface area contributed by atoms with Crippen LogP contribution in [0.3, 0.4) is 0 Å². The molecule has 5 heteroatoms. The lowest BCUT2D eigenvalue weighted by Crippen LogP contribution is -2.35. The number of ether oxygens (including phenoxy) is 1. The van der Waals surface area contributed by atoms with E-state index in [1.54, 1.807) is 7.11 Å². The number of aromatic nitrogens is 1. The van der Waals surface area contributed by atoms with Gasteiger partial charge in [-0.1, -0.05) is 36.4 Å². The highest BCUT2D eigenvalue weighted by molar-refractivity contribution is 6.07. The molecule has 2 aromatic carbocycles. The monoisotopic (exact) mass is 347 g/mol. The van der Waals surface area contributed by atoms with E-state index >= 15 is 0 Å². The lowest BCUT2D eigenvalue weighted by atomic mass is 10.1. The quantitative estimate of drug-likeness (QED) is 0.713. The minimum atomic E-state index is -0.100. The van der Waals surface area contributed by atoms with Crippen LogP contribution in [-0.4, -0.2) is 43.0 Å². The molecule has 0 spiro atoms. The Morgan fingerprint density at radius 2 is 1.85 bits per heavy atom. The summed E-state index contributed by atoms with van der Waals surface area (Å²) in [4.78, 5) is 21.9. The Balaban J connectivity index is 1.79. The van der Waals surface area contributed by atoms with Gasteiger partial charge < -0.3 is 14.5 Å². The van der Waals surface area contributed by atoms with E-state index in [9.17, 15) is 4.79 Å². The molecule has 0 atom stereocenters. The molecule has 0 aliphatic carbocycles. The third-order valence-corrected chi connectivity index (χ3v) is 4.79. The number of hydrogen-bond acceptors (Lipinski definition) is 4. The van der Waals surface area contributed by atoms with Crippen molar-refractivity contribution in [1.29, 1.82) is 0 Å². The van der Waals surface area contributed by atoms with Gasteiger partial charge in [0, 0.05) is 30.7 Å². The Labute approximate surface area is 152 Å². The maximum atomic E-state index is 13.3. The van der Waals surface area contributed by atoms with E-state index in [1.165, 1.54) is 0 Å². The maximum absolute atomic E-state index is 13.3. The van der Waals surface area contributed by atoms with Crippen molar-refractivity contribution >= 4 is 22.4 Å². The van der Waals surface area contributed by atoms with Crippen LogP contribution in [0.2, 0.25) is 0 Å². The summed E-state index contributed by atoms with van der Waals surface area (Å²) in [7, 11) is 3.65. The molecular weight excluding hydrogens is 326 g/mol. The lowest BCUT2D eigenvalue weighted by Gasteiger charge is -2.22. The van der Waals surface area contributed by atoms with Crippen molar-refractivity contribution in [3.63, 3.8) is 0 Å². The largest absolute Gasteiger partial charge is 0.481 e. The highest BCUT2D eigenvalue weighted by Gasteiger charge is 2.25. The molecule has 0 saturated carbocycles. The number of anilines is 1. The number of nitrogens with zero attached hydrogens (tertiary/aromatic N) is 3. The van der Waals surface area contributed by atoms with Crippen LogP contribution in [0.25, 0.3) is 10.8 Å². The minimum Gasteiger partial charge on any atom is -0.481 e. The predicted octanol–water partition coefficient (Wildman–Crippen LogP) is 3.34. The van der Waals surface area contributed by atoms with Crippen molar-refractivity contribution in [2.24, 2.45) is 0 Å². The fourth-order valence-corrected chi connectivity index (χ4v) is 3.45. The SMILES string of the molecule is COc1nc(C(=O)N2CCN(C)Cc3ccccc32)cc2ccccc12. The molecule has 132 valence electrons. The molecule has 26 heavy (non-hydrogen) atoms. The summed E-state index contributed by atoms with van der Waals surface area (Å²) in [6.45, 7) is 2.27. The van der Waals surface area contributed by atoms with Gasteiger partial charge in [0.2, 0.25) is 5.88 Å². The smallest absolute Gasteiger partial charge is 0.277 e. The van der Waals surface area contributed by atoms with Gasteiger partial charge in [-0.2, -0.15) is 0 Å². The third-order valence-electron chi connectivity index (χ3n) is 4.79.